The molecule has 0 spiro atoms. The Morgan fingerprint density at radius 2 is 1.84 bits per heavy atom. The normalized spacial score (nSPS) is 17.3. The zero-order chi connectivity index (χ0) is 25.5. The van der Waals surface area contributed by atoms with Gasteiger partial charge in [-0.2, -0.15) is 5.10 Å². The highest BCUT2D eigenvalue weighted by atomic mass is 16.5. The summed E-state index contributed by atoms with van der Waals surface area (Å²) in [6.07, 6.45) is 3.84. The third kappa shape index (κ3) is 4.53. The van der Waals surface area contributed by atoms with Crippen LogP contribution in [0.15, 0.2) is 48.9 Å². The van der Waals surface area contributed by atoms with Crippen LogP contribution in [0.3, 0.4) is 0 Å². The SMILES string of the molecule is Cc1cccc(-c2ccn(-c3cc(N4CCOCC4)c4ncn(CC5CN(C)C(=O)N(C)C5)c4n3)n2)c1. The van der Waals surface area contributed by atoms with Crippen molar-refractivity contribution in [2.24, 2.45) is 5.92 Å². The van der Waals surface area contributed by atoms with Gasteiger partial charge < -0.3 is 24.0 Å². The highest BCUT2D eigenvalue weighted by Crippen LogP contribution is 2.29. The molecule has 3 aromatic heterocycles. The van der Waals surface area contributed by atoms with Crippen LogP contribution in [-0.4, -0.2) is 93.6 Å². The van der Waals surface area contributed by atoms with Gasteiger partial charge in [-0.25, -0.2) is 19.4 Å². The minimum atomic E-state index is 0.0600. The van der Waals surface area contributed by atoms with E-state index in [0.29, 0.717) is 26.3 Å². The van der Waals surface area contributed by atoms with Crippen LogP contribution in [0.2, 0.25) is 0 Å². The fourth-order valence-electron chi connectivity index (χ4n) is 5.38. The molecular formula is C27H32N8O2. The Balaban J connectivity index is 1.39. The van der Waals surface area contributed by atoms with Crippen molar-refractivity contribution in [1.82, 2.24) is 34.1 Å². The van der Waals surface area contributed by atoms with Crippen LogP contribution in [0.1, 0.15) is 5.56 Å². The summed E-state index contributed by atoms with van der Waals surface area (Å²) in [5.41, 5.74) is 5.94. The van der Waals surface area contributed by atoms with E-state index in [1.165, 1.54) is 5.56 Å². The van der Waals surface area contributed by atoms with Crippen LogP contribution in [0, 0.1) is 12.8 Å². The number of amides is 2. The lowest BCUT2D eigenvalue weighted by molar-refractivity contribution is 0.122. The number of ether oxygens (including phenoxy) is 1. The molecule has 2 amide bonds. The molecule has 10 heteroatoms. The molecule has 10 nitrogen and oxygen atoms in total. The molecule has 37 heavy (non-hydrogen) atoms. The summed E-state index contributed by atoms with van der Waals surface area (Å²) in [7, 11) is 3.71. The predicted molar refractivity (Wildman–Crippen MR) is 142 cm³/mol. The van der Waals surface area contributed by atoms with Gasteiger partial charge in [-0.05, 0) is 19.1 Å². The van der Waals surface area contributed by atoms with E-state index in [1.54, 1.807) is 9.80 Å². The Bertz CT molecular complexity index is 1420. The lowest BCUT2D eigenvalue weighted by Crippen LogP contribution is -2.50. The average Bonchev–Trinajstić information content (AvgIpc) is 3.55. The molecule has 2 aliphatic rings. The Kier molecular flexibility index (Phi) is 6.03. The molecule has 0 aliphatic carbocycles. The number of fused-ring (bicyclic) bond motifs is 1. The fraction of sp³-hybridized carbons (Fsp3) is 0.407. The molecule has 4 aromatic rings. The summed E-state index contributed by atoms with van der Waals surface area (Å²) in [6, 6.07) is 12.5. The molecule has 0 N–H and O–H groups in total. The molecule has 192 valence electrons. The minimum Gasteiger partial charge on any atom is -0.378 e. The number of hydrogen-bond donors (Lipinski definition) is 0. The molecule has 0 bridgehead atoms. The van der Waals surface area contributed by atoms with E-state index in [-0.39, 0.29) is 11.9 Å². The summed E-state index contributed by atoms with van der Waals surface area (Å²) in [4.78, 5) is 28.0. The first-order valence-electron chi connectivity index (χ1n) is 12.7. The number of aryl methyl sites for hydroxylation is 1. The summed E-state index contributed by atoms with van der Waals surface area (Å²) in [5, 5.41) is 4.87. The number of carbonyl (C=O) groups excluding carboxylic acids is 1. The summed E-state index contributed by atoms with van der Waals surface area (Å²) in [6.45, 7) is 7.21. The summed E-state index contributed by atoms with van der Waals surface area (Å²) >= 11 is 0. The standard InChI is InChI=1S/C27H32N8O2/c1-19-5-4-6-21(13-19)22-7-8-35(30-22)24-14-23(33-9-11-37-12-10-33)25-26(29-24)34(18-28-25)17-20-15-31(2)27(36)32(3)16-20/h4-8,13-14,18,20H,9-12,15-17H2,1-3H3. The number of benzene rings is 1. The van der Waals surface area contributed by atoms with E-state index in [9.17, 15) is 4.79 Å². The Morgan fingerprint density at radius 1 is 1.05 bits per heavy atom. The van der Waals surface area contributed by atoms with Crippen molar-refractivity contribution < 1.29 is 9.53 Å². The Morgan fingerprint density at radius 3 is 2.59 bits per heavy atom. The summed E-state index contributed by atoms with van der Waals surface area (Å²) in [5.74, 6) is 1.03. The molecular weight excluding hydrogens is 468 g/mol. The van der Waals surface area contributed by atoms with Gasteiger partial charge in [0.15, 0.2) is 11.5 Å². The Labute approximate surface area is 216 Å². The smallest absolute Gasteiger partial charge is 0.319 e. The average molecular weight is 501 g/mol. The highest BCUT2D eigenvalue weighted by molar-refractivity contribution is 5.87. The van der Waals surface area contributed by atoms with Crippen LogP contribution in [0.4, 0.5) is 10.5 Å². The van der Waals surface area contributed by atoms with Crippen LogP contribution in [0.25, 0.3) is 28.2 Å². The van der Waals surface area contributed by atoms with Gasteiger partial charge >= 0.3 is 6.03 Å². The fourth-order valence-corrected chi connectivity index (χ4v) is 5.38. The summed E-state index contributed by atoms with van der Waals surface area (Å²) < 4.78 is 9.57. The number of morpholine rings is 1. The van der Waals surface area contributed by atoms with E-state index in [2.05, 4.69) is 46.7 Å². The Hall–Kier alpha value is -3.92. The van der Waals surface area contributed by atoms with E-state index in [0.717, 1.165) is 53.6 Å². The molecule has 0 atom stereocenters. The van der Waals surface area contributed by atoms with Gasteiger partial charge in [0.2, 0.25) is 0 Å². The van der Waals surface area contributed by atoms with Crippen molar-refractivity contribution in [1.29, 1.82) is 0 Å². The minimum absolute atomic E-state index is 0.0600. The molecule has 5 heterocycles. The van der Waals surface area contributed by atoms with Crippen molar-refractivity contribution in [2.45, 2.75) is 13.5 Å². The molecule has 1 aromatic carbocycles. The maximum Gasteiger partial charge on any atom is 0.319 e. The van der Waals surface area contributed by atoms with Gasteiger partial charge in [0.1, 0.15) is 5.52 Å². The zero-order valence-electron chi connectivity index (χ0n) is 21.5. The highest BCUT2D eigenvalue weighted by Gasteiger charge is 2.28. The van der Waals surface area contributed by atoms with Crippen LogP contribution in [0.5, 0.6) is 0 Å². The molecule has 2 fully saturated rings. The van der Waals surface area contributed by atoms with E-state index < -0.39 is 0 Å². The van der Waals surface area contributed by atoms with Gasteiger partial charge in [0.25, 0.3) is 0 Å². The first-order valence-corrected chi connectivity index (χ1v) is 12.7. The molecule has 0 saturated carbocycles. The number of carbonyl (C=O) groups is 1. The van der Waals surface area contributed by atoms with Crippen molar-refractivity contribution in [3.63, 3.8) is 0 Å². The van der Waals surface area contributed by atoms with Gasteiger partial charge in [-0.15, -0.1) is 0 Å². The number of aromatic nitrogens is 5. The van der Waals surface area contributed by atoms with Gasteiger partial charge in [0, 0.05) is 70.6 Å². The number of hydrogen-bond acceptors (Lipinski definition) is 6. The second-order valence-electron chi connectivity index (χ2n) is 10.1. The molecule has 6 rings (SSSR count). The van der Waals surface area contributed by atoms with Crippen LogP contribution in [-0.2, 0) is 11.3 Å². The van der Waals surface area contributed by atoms with Gasteiger partial charge in [0.05, 0.1) is 30.9 Å². The van der Waals surface area contributed by atoms with Crippen molar-refractivity contribution >= 4 is 22.9 Å². The van der Waals surface area contributed by atoms with Gasteiger partial charge in [-0.1, -0.05) is 23.8 Å². The topological polar surface area (TPSA) is 84.5 Å². The van der Waals surface area contributed by atoms with E-state index in [1.807, 2.05) is 37.4 Å². The van der Waals surface area contributed by atoms with Crippen LogP contribution >= 0.6 is 0 Å². The number of anilines is 1. The molecule has 2 saturated heterocycles. The third-order valence-corrected chi connectivity index (χ3v) is 7.20. The van der Waals surface area contributed by atoms with Crippen molar-refractivity contribution in [3.8, 4) is 17.1 Å². The van der Waals surface area contributed by atoms with Gasteiger partial charge in [-0.3, -0.25) is 0 Å². The maximum absolute atomic E-state index is 12.2. The zero-order valence-corrected chi connectivity index (χ0v) is 21.5. The monoisotopic (exact) mass is 500 g/mol. The second kappa shape index (κ2) is 9.51. The number of nitrogens with zero attached hydrogens (tertiary/aromatic N) is 8. The first kappa shape index (κ1) is 23.5. The van der Waals surface area contributed by atoms with Crippen LogP contribution < -0.4 is 4.90 Å². The lowest BCUT2D eigenvalue weighted by Gasteiger charge is -2.36. The number of urea groups is 1. The lowest BCUT2D eigenvalue weighted by atomic mass is 10.1. The molecule has 2 aliphatic heterocycles. The first-order chi connectivity index (χ1) is 18.0. The number of rotatable bonds is 5. The third-order valence-electron chi connectivity index (χ3n) is 7.20. The van der Waals surface area contributed by atoms with E-state index >= 15 is 0 Å². The van der Waals surface area contributed by atoms with Crippen molar-refractivity contribution in [2.75, 3.05) is 58.4 Å². The quantitative estimate of drug-likeness (QED) is 0.419. The largest absolute Gasteiger partial charge is 0.378 e. The predicted octanol–water partition coefficient (Wildman–Crippen LogP) is 3.04. The second-order valence-corrected chi connectivity index (χ2v) is 10.1. The molecule has 0 unspecified atom stereocenters. The molecule has 0 radical (unpaired) electrons. The van der Waals surface area contributed by atoms with Crippen molar-refractivity contribution in [3.05, 3.63) is 54.5 Å². The number of pyridine rings is 1. The maximum atomic E-state index is 12.2. The van der Waals surface area contributed by atoms with E-state index in [4.69, 9.17) is 19.8 Å². The number of imidazole rings is 1.